The number of piperidine rings is 1. The van der Waals surface area contributed by atoms with E-state index in [1.54, 1.807) is 17.4 Å². The molecule has 10 heteroatoms. The van der Waals surface area contributed by atoms with Crippen LogP contribution < -0.4 is 4.74 Å². The lowest BCUT2D eigenvalue weighted by Gasteiger charge is -2.54. The van der Waals surface area contributed by atoms with Crippen LogP contribution >= 0.6 is 11.3 Å². The molecule has 2 amide bonds. The largest absolute Gasteiger partial charge is 0.573 e. The summed E-state index contributed by atoms with van der Waals surface area (Å²) in [7, 11) is 1.51. The maximum Gasteiger partial charge on any atom is 0.573 e. The number of alkyl halides is 3. The van der Waals surface area contributed by atoms with Gasteiger partial charge in [-0.15, -0.1) is 24.5 Å². The fourth-order valence-corrected chi connectivity index (χ4v) is 6.84. The summed E-state index contributed by atoms with van der Waals surface area (Å²) in [6, 6.07) is 9.20. The molecule has 2 bridgehead atoms. The van der Waals surface area contributed by atoms with Gasteiger partial charge in [0.25, 0.3) is 0 Å². The molecule has 1 aromatic carbocycles. The van der Waals surface area contributed by atoms with Crippen LogP contribution in [0.1, 0.15) is 29.3 Å². The predicted molar refractivity (Wildman–Crippen MR) is 122 cm³/mol. The number of thiophene rings is 1. The van der Waals surface area contributed by atoms with Crippen LogP contribution in [0.2, 0.25) is 0 Å². The van der Waals surface area contributed by atoms with E-state index in [1.807, 2.05) is 23.6 Å². The standard InChI is InChI=1S/C25H25F3N2O4S/c1-29-23(32)20-17-12-15(6-3-9-31)19(21(20)24(29)33)22(18-8-4-10-35-18)30(17)13-14-5-2-7-16(11-14)34-25(26,27)28/h2,4-5,7-8,10-12,17,19-22,31H,3,6,9,13H2,1H3. The van der Waals surface area contributed by atoms with Crippen molar-refractivity contribution < 1.29 is 32.6 Å². The van der Waals surface area contributed by atoms with E-state index in [9.17, 15) is 27.9 Å². The molecule has 6 rings (SSSR count). The molecule has 6 nitrogen and oxygen atoms in total. The molecule has 35 heavy (non-hydrogen) atoms. The molecule has 0 saturated carbocycles. The van der Waals surface area contributed by atoms with Crippen molar-refractivity contribution >= 4 is 23.2 Å². The molecule has 1 aromatic heterocycles. The molecule has 5 atom stereocenters. The van der Waals surface area contributed by atoms with Crippen molar-refractivity contribution in [2.24, 2.45) is 17.8 Å². The number of carbonyl (C=O) groups excluding carboxylic acids is 2. The molecule has 3 aliphatic heterocycles. The number of aliphatic hydroxyl groups is 1. The molecule has 0 radical (unpaired) electrons. The quantitative estimate of drug-likeness (QED) is 0.452. The summed E-state index contributed by atoms with van der Waals surface area (Å²) in [5.74, 6) is -2.00. The van der Waals surface area contributed by atoms with E-state index in [0.29, 0.717) is 18.4 Å². The lowest BCUT2D eigenvalue weighted by atomic mass is 9.62. The Hall–Kier alpha value is -2.69. The van der Waals surface area contributed by atoms with Crippen molar-refractivity contribution in [3.63, 3.8) is 0 Å². The maximum atomic E-state index is 13.2. The summed E-state index contributed by atoms with van der Waals surface area (Å²) in [5, 5.41) is 11.4. The Bertz CT molecular complexity index is 1150. The second kappa shape index (κ2) is 9.07. The number of likely N-dealkylation sites (tertiary alicyclic amines) is 1. The van der Waals surface area contributed by atoms with Gasteiger partial charge in [-0.05, 0) is 42.0 Å². The number of ether oxygens (including phenoxy) is 1. The third-order valence-corrected chi connectivity index (χ3v) is 8.16. The van der Waals surface area contributed by atoms with Gasteiger partial charge in [-0.25, -0.2) is 0 Å². The molecule has 5 unspecified atom stereocenters. The van der Waals surface area contributed by atoms with Crippen LogP contribution in [0, 0.1) is 17.8 Å². The van der Waals surface area contributed by atoms with Gasteiger partial charge in [-0.1, -0.05) is 29.8 Å². The van der Waals surface area contributed by atoms with Gasteiger partial charge in [0.1, 0.15) is 5.75 Å². The van der Waals surface area contributed by atoms with Gasteiger partial charge in [-0.2, -0.15) is 0 Å². The number of imide groups is 1. The van der Waals surface area contributed by atoms with Gasteiger partial charge in [-0.3, -0.25) is 19.4 Å². The van der Waals surface area contributed by atoms with Crippen LogP contribution in [0.4, 0.5) is 13.2 Å². The number of carbonyl (C=O) groups is 2. The Balaban J connectivity index is 1.57. The first kappa shape index (κ1) is 24.0. The Morgan fingerprint density at radius 3 is 2.54 bits per heavy atom. The molecule has 2 aromatic rings. The van der Waals surface area contributed by atoms with Gasteiger partial charge < -0.3 is 9.84 Å². The highest BCUT2D eigenvalue weighted by atomic mass is 32.1. The van der Waals surface area contributed by atoms with Crippen LogP contribution in [0.15, 0.2) is 53.4 Å². The molecule has 2 fully saturated rings. The Morgan fingerprint density at radius 1 is 1.09 bits per heavy atom. The van der Waals surface area contributed by atoms with Gasteiger partial charge in [0.05, 0.1) is 17.9 Å². The molecule has 186 valence electrons. The van der Waals surface area contributed by atoms with E-state index >= 15 is 0 Å². The topological polar surface area (TPSA) is 70.1 Å². The Morgan fingerprint density at radius 2 is 1.86 bits per heavy atom. The number of benzene rings is 1. The number of aliphatic hydroxyl groups excluding tert-OH is 1. The summed E-state index contributed by atoms with van der Waals surface area (Å²) in [6.45, 7) is 0.311. The molecular weight excluding hydrogens is 481 g/mol. The van der Waals surface area contributed by atoms with Gasteiger partial charge in [0.2, 0.25) is 11.8 Å². The third-order valence-electron chi connectivity index (χ3n) is 7.22. The lowest BCUT2D eigenvalue weighted by Crippen LogP contribution is -2.58. The molecular formula is C25H25F3N2O4S. The summed E-state index contributed by atoms with van der Waals surface area (Å²) >= 11 is 1.56. The van der Waals surface area contributed by atoms with Gasteiger partial charge in [0.15, 0.2) is 0 Å². The van der Waals surface area contributed by atoms with Crippen LogP contribution in [0.25, 0.3) is 0 Å². The van der Waals surface area contributed by atoms with Crippen LogP contribution in [0.5, 0.6) is 5.75 Å². The first-order valence-electron chi connectivity index (χ1n) is 11.5. The number of nitrogens with zero attached hydrogens (tertiary/aromatic N) is 2. The van der Waals surface area contributed by atoms with Gasteiger partial charge >= 0.3 is 6.36 Å². The van der Waals surface area contributed by atoms with Crippen molar-refractivity contribution in [3.05, 3.63) is 63.9 Å². The normalized spacial score (nSPS) is 28.4. The first-order chi connectivity index (χ1) is 16.7. The Labute approximate surface area is 204 Å². The van der Waals surface area contributed by atoms with Gasteiger partial charge in [0, 0.05) is 37.0 Å². The Kier molecular flexibility index (Phi) is 6.23. The van der Waals surface area contributed by atoms with Crippen LogP contribution in [-0.4, -0.2) is 52.8 Å². The van der Waals surface area contributed by atoms with E-state index in [0.717, 1.165) is 10.5 Å². The highest BCUT2D eigenvalue weighted by Crippen LogP contribution is 2.57. The lowest BCUT2D eigenvalue weighted by molar-refractivity contribution is -0.274. The van der Waals surface area contributed by atoms with Crippen molar-refractivity contribution in [3.8, 4) is 5.75 Å². The predicted octanol–water partition coefficient (Wildman–Crippen LogP) is 4.13. The second-order valence-electron chi connectivity index (χ2n) is 9.20. The van der Waals surface area contributed by atoms with E-state index < -0.39 is 18.2 Å². The molecule has 0 spiro atoms. The molecule has 2 saturated heterocycles. The van der Waals surface area contributed by atoms with E-state index in [-0.39, 0.29) is 48.7 Å². The maximum absolute atomic E-state index is 13.2. The molecule has 4 aliphatic rings. The second-order valence-corrected chi connectivity index (χ2v) is 10.2. The smallest absolute Gasteiger partial charge is 0.406 e. The number of rotatable bonds is 7. The summed E-state index contributed by atoms with van der Waals surface area (Å²) in [4.78, 5) is 30.7. The van der Waals surface area contributed by atoms with E-state index in [4.69, 9.17) is 0 Å². The average Bonchev–Trinajstić information content (AvgIpc) is 3.41. The number of hydrogen-bond donors (Lipinski definition) is 1. The molecule has 4 heterocycles. The van der Waals surface area contributed by atoms with Crippen LogP contribution in [0.3, 0.4) is 0 Å². The SMILES string of the molecule is CN1C(=O)C2C(C1=O)C1C=C(CCCO)C2C(c2cccs2)N1Cc1cccc(OC(F)(F)F)c1. The molecule has 1 N–H and O–H groups in total. The summed E-state index contributed by atoms with van der Waals surface area (Å²) in [5.41, 5.74) is 1.68. The highest BCUT2D eigenvalue weighted by Gasteiger charge is 2.63. The van der Waals surface area contributed by atoms with Crippen molar-refractivity contribution in [1.29, 1.82) is 0 Å². The minimum Gasteiger partial charge on any atom is -0.406 e. The fraction of sp³-hybridized carbons (Fsp3) is 0.440. The highest BCUT2D eigenvalue weighted by molar-refractivity contribution is 7.10. The number of halogens is 3. The van der Waals surface area contributed by atoms with E-state index in [1.165, 1.54) is 30.1 Å². The minimum absolute atomic E-state index is 0.0228. The number of fused-ring (bicyclic) bond motifs is 1. The zero-order chi connectivity index (χ0) is 24.9. The third kappa shape index (κ3) is 4.28. The zero-order valence-corrected chi connectivity index (χ0v) is 19.8. The van der Waals surface area contributed by atoms with Crippen LogP contribution in [-0.2, 0) is 16.1 Å². The first-order valence-corrected chi connectivity index (χ1v) is 12.3. The number of amides is 2. The van der Waals surface area contributed by atoms with Crippen molar-refractivity contribution in [2.75, 3.05) is 13.7 Å². The number of hydrogen-bond acceptors (Lipinski definition) is 6. The summed E-state index contributed by atoms with van der Waals surface area (Å²) < 4.78 is 42.4. The van der Waals surface area contributed by atoms with Crippen molar-refractivity contribution in [2.45, 2.75) is 37.8 Å². The van der Waals surface area contributed by atoms with E-state index in [2.05, 4.69) is 9.64 Å². The van der Waals surface area contributed by atoms with Crippen molar-refractivity contribution in [1.82, 2.24) is 9.80 Å². The summed E-state index contributed by atoms with van der Waals surface area (Å²) in [6.07, 6.45) is -1.57. The monoisotopic (exact) mass is 506 g/mol. The molecule has 1 aliphatic carbocycles. The fourth-order valence-electron chi connectivity index (χ4n) is 5.94. The zero-order valence-electron chi connectivity index (χ0n) is 18.9. The minimum atomic E-state index is -4.79. The average molecular weight is 507 g/mol.